The number of nitrogens with zero attached hydrogens (tertiary/aromatic N) is 4. The average molecular weight is 377 g/mol. The molecule has 0 fully saturated rings. The molecular weight excluding hydrogens is 359 g/mol. The van der Waals surface area contributed by atoms with Crippen molar-refractivity contribution in [2.45, 2.75) is 38.4 Å². The molecule has 142 valence electrons. The zero-order valence-electron chi connectivity index (χ0n) is 14.8. The van der Waals surface area contributed by atoms with Gasteiger partial charge >= 0.3 is 6.18 Å². The molecule has 0 unspecified atom stereocenters. The van der Waals surface area contributed by atoms with E-state index in [1.54, 1.807) is 6.20 Å². The molecule has 1 N–H and O–H groups in total. The lowest BCUT2D eigenvalue weighted by molar-refractivity contribution is -0.156. The fraction of sp³-hybridized carbons (Fsp3) is 0.333. The molecule has 0 spiro atoms. The molecule has 6 nitrogen and oxygen atoms in total. The number of alkyl halides is 3. The first kappa shape index (κ1) is 20.2. The number of pyridine rings is 1. The van der Waals surface area contributed by atoms with E-state index in [4.69, 9.17) is 10.1 Å². The summed E-state index contributed by atoms with van der Waals surface area (Å²) in [5.41, 5.74) is 2.89. The third kappa shape index (κ3) is 5.17. The quantitative estimate of drug-likeness (QED) is 0.690. The van der Waals surface area contributed by atoms with Gasteiger partial charge in [-0.1, -0.05) is 0 Å². The Morgan fingerprint density at radius 2 is 2.04 bits per heavy atom. The number of rotatable bonds is 4. The van der Waals surface area contributed by atoms with E-state index in [9.17, 15) is 13.2 Å². The van der Waals surface area contributed by atoms with Crippen LogP contribution in [0.25, 0.3) is 22.2 Å². The van der Waals surface area contributed by atoms with Crippen molar-refractivity contribution in [2.75, 3.05) is 0 Å². The number of nitrogens with one attached hydrogen (secondary N) is 1. The second-order valence-electron chi connectivity index (χ2n) is 6.40. The summed E-state index contributed by atoms with van der Waals surface area (Å²) in [7, 11) is 0. The lowest BCUT2D eigenvalue weighted by Crippen LogP contribution is -2.26. The molecule has 0 amide bonds. The Labute approximate surface area is 153 Å². The Morgan fingerprint density at radius 3 is 2.67 bits per heavy atom. The molecule has 0 saturated carbocycles. The first-order valence-corrected chi connectivity index (χ1v) is 8.05. The van der Waals surface area contributed by atoms with Gasteiger partial charge in [-0.15, -0.1) is 0 Å². The van der Waals surface area contributed by atoms with Crippen LogP contribution in [0.5, 0.6) is 0 Å². The molecule has 0 aliphatic carbocycles. The van der Waals surface area contributed by atoms with Crippen LogP contribution in [0.3, 0.4) is 0 Å². The summed E-state index contributed by atoms with van der Waals surface area (Å²) in [5, 5.41) is 14.3. The molecule has 3 aromatic heterocycles. The van der Waals surface area contributed by atoms with E-state index in [0.717, 1.165) is 28.6 Å². The van der Waals surface area contributed by atoms with Crippen LogP contribution in [0.1, 0.15) is 26.7 Å². The van der Waals surface area contributed by atoms with Gasteiger partial charge in [-0.3, -0.25) is 9.48 Å². The molecule has 0 radical (unpaired) electrons. The Morgan fingerprint density at radius 1 is 1.33 bits per heavy atom. The van der Waals surface area contributed by atoms with Crippen LogP contribution >= 0.6 is 0 Å². The number of H-pyrrole nitrogens is 1. The maximum Gasteiger partial charge on any atom is 0.446 e. The molecule has 3 rings (SSSR count). The van der Waals surface area contributed by atoms with Gasteiger partial charge in [0, 0.05) is 36.0 Å². The van der Waals surface area contributed by atoms with Crippen molar-refractivity contribution in [1.82, 2.24) is 19.7 Å². The highest BCUT2D eigenvalue weighted by Gasteiger charge is 2.25. The number of carbonyl (C=O) groups is 1. The van der Waals surface area contributed by atoms with Crippen LogP contribution in [-0.4, -0.2) is 32.2 Å². The van der Waals surface area contributed by atoms with Gasteiger partial charge < -0.3 is 4.98 Å². The Balaban J connectivity index is 0.000000380. The monoisotopic (exact) mass is 377 g/mol. The van der Waals surface area contributed by atoms with Crippen molar-refractivity contribution in [3.05, 3.63) is 36.9 Å². The molecule has 0 saturated heterocycles. The summed E-state index contributed by atoms with van der Waals surface area (Å²) in [6.45, 7) is 4.19. The Hall–Kier alpha value is -3.15. The van der Waals surface area contributed by atoms with E-state index < -0.39 is 12.5 Å². The van der Waals surface area contributed by atoms with E-state index in [2.05, 4.69) is 35.0 Å². The molecule has 0 aliphatic heterocycles. The fourth-order valence-corrected chi connectivity index (χ4v) is 2.48. The van der Waals surface area contributed by atoms with Crippen LogP contribution in [0, 0.1) is 11.3 Å². The second kappa shape index (κ2) is 8.03. The predicted molar refractivity (Wildman–Crippen MR) is 93.6 cm³/mol. The minimum absolute atomic E-state index is 0.168. The maximum atomic E-state index is 10.4. The van der Waals surface area contributed by atoms with E-state index in [0.29, 0.717) is 6.42 Å². The van der Waals surface area contributed by atoms with Gasteiger partial charge in [-0.2, -0.15) is 23.5 Å². The van der Waals surface area contributed by atoms with Crippen LogP contribution in [0.2, 0.25) is 0 Å². The van der Waals surface area contributed by atoms with Crippen molar-refractivity contribution in [3.63, 3.8) is 0 Å². The largest absolute Gasteiger partial charge is 0.446 e. The maximum absolute atomic E-state index is 10.4. The SMILES string of the molecule is CC(C)(CCC#N)n1cc(-c2ccnc3[nH]ccc23)cn1.O=CC(F)(F)F. The Kier molecular flexibility index (Phi) is 6.00. The van der Waals surface area contributed by atoms with Gasteiger partial charge in [0.05, 0.1) is 17.8 Å². The lowest BCUT2D eigenvalue weighted by atomic mass is 9.99. The normalized spacial score (nSPS) is 11.6. The van der Waals surface area contributed by atoms with E-state index in [-0.39, 0.29) is 5.54 Å². The van der Waals surface area contributed by atoms with Crippen LogP contribution < -0.4 is 0 Å². The molecule has 0 aliphatic rings. The summed E-state index contributed by atoms with van der Waals surface area (Å²) in [6, 6.07) is 6.22. The molecule has 3 heterocycles. The smallest absolute Gasteiger partial charge is 0.346 e. The third-order valence-electron chi connectivity index (χ3n) is 3.96. The third-order valence-corrected chi connectivity index (χ3v) is 3.96. The summed E-state index contributed by atoms with van der Waals surface area (Å²) >= 11 is 0. The zero-order chi connectivity index (χ0) is 20.1. The van der Waals surface area contributed by atoms with E-state index in [1.807, 2.05) is 35.4 Å². The number of aromatic nitrogens is 4. The van der Waals surface area contributed by atoms with Crippen LogP contribution in [0.4, 0.5) is 13.2 Å². The lowest BCUT2D eigenvalue weighted by Gasteiger charge is -2.24. The highest BCUT2D eigenvalue weighted by atomic mass is 19.4. The fourth-order valence-electron chi connectivity index (χ4n) is 2.48. The highest BCUT2D eigenvalue weighted by molar-refractivity contribution is 5.92. The summed E-state index contributed by atoms with van der Waals surface area (Å²) in [4.78, 5) is 16.1. The average Bonchev–Trinajstić information content (AvgIpc) is 3.29. The molecule has 27 heavy (non-hydrogen) atoms. The van der Waals surface area contributed by atoms with Crippen molar-refractivity contribution in [1.29, 1.82) is 5.26 Å². The number of fused-ring (bicyclic) bond motifs is 1. The van der Waals surface area contributed by atoms with Gasteiger partial charge in [0.15, 0.2) is 0 Å². The minimum atomic E-state index is -4.64. The first-order chi connectivity index (χ1) is 12.7. The number of hydrogen-bond acceptors (Lipinski definition) is 4. The minimum Gasteiger partial charge on any atom is -0.346 e. The predicted octanol–water partition coefficient (Wildman–Crippen LogP) is 4.21. The van der Waals surface area contributed by atoms with Crippen molar-refractivity contribution in [3.8, 4) is 17.2 Å². The standard InChI is InChI=1S/C16H17N5.C2HF3O/c1-16(2,6-3-7-17)21-11-12(10-20-21)13-4-8-18-15-14(13)5-9-19-15;3-2(4,5)1-6/h4-5,8-11H,3,6H2,1-2H3,(H,18,19);1H. The molecule has 3 aromatic rings. The summed E-state index contributed by atoms with van der Waals surface area (Å²) in [6.07, 6.45) is 3.21. The van der Waals surface area contributed by atoms with E-state index in [1.165, 1.54) is 0 Å². The van der Waals surface area contributed by atoms with Crippen molar-refractivity contribution < 1.29 is 18.0 Å². The molecule has 0 aromatic carbocycles. The summed E-state index contributed by atoms with van der Waals surface area (Å²) in [5.74, 6) is 0. The van der Waals surface area contributed by atoms with Gasteiger partial charge in [-0.25, -0.2) is 4.98 Å². The number of aldehydes is 1. The molecule has 0 atom stereocenters. The van der Waals surface area contributed by atoms with Gasteiger partial charge in [0.25, 0.3) is 0 Å². The van der Waals surface area contributed by atoms with Gasteiger partial charge in [0.1, 0.15) is 5.65 Å². The number of carbonyl (C=O) groups excluding carboxylic acids is 1. The zero-order valence-corrected chi connectivity index (χ0v) is 14.8. The number of halogens is 3. The van der Waals surface area contributed by atoms with Crippen LogP contribution in [-0.2, 0) is 10.3 Å². The second-order valence-corrected chi connectivity index (χ2v) is 6.40. The van der Waals surface area contributed by atoms with Gasteiger partial charge in [-0.05, 0) is 38.0 Å². The highest BCUT2D eigenvalue weighted by Crippen LogP contribution is 2.29. The van der Waals surface area contributed by atoms with Gasteiger partial charge in [0.2, 0.25) is 6.29 Å². The van der Waals surface area contributed by atoms with Crippen molar-refractivity contribution in [2.24, 2.45) is 0 Å². The number of hydrogen-bond donors (Lipinski definition) is 1. The van der Waals surface area contributed by atoms with Crippen LogP contribution in [0.15, 0.2) is 36.9 Å². The molecule has 0 bridgehead atoms. The molecule has 9 heteroatoms. The first-order valence-electron chi connectivity index (χ1n) is 8.05. The topological polar surface area (TPSA) is 87.4 Å². The Bertz CT molecular complexity index is 950. The van der Waals surface area contributed by atoms with E-state index >= 15 is 0 Å². The number of aromatic amines is 1. The van der Waals surface area contributed by atoms with Crippen molar-refractivity contribution >= 4 is 17.3 Å². The summed E-state index contributed by atoms with van der Waals surface area (Å²) < 4.78 is 33.2. The number of nitriles is 1. The molecular formula is C18H18F3N5O.